The van der Waals surface area contributed by atoms with Crippen LogP contribution in [-0.4, -0.2) is 25.5 Å². The summed E-state index contributed by atoms with van der Waals surface area (Å²) in [5.41, 5.74) is 3.20. The van der Waals surface area contributed by atoms with Gasteiger partial charge in [0.2, 0.25) is 5.91 Å². The molecule has 0 radical (unpaired) electrons. The number of carbonyl (C=O) groups excluding carboxylic acids is 2. The molecule has 25 heavy (non-hydrogen) atoms. The molecule has 0 aromatic heterocycles. The van der Waals surface area contributed by atoms with E-state index in [1.807, 2.05) is 24.3 Å². The highest BCUT2D eigenvalue weighted by Crippen LogP contribution is 2.14. The molecule has 0 aliphatic carbocycles. The summed E-state index contributed by atoms with van der Waals surface area (Å²) in [4.78, 5) is 23.3. The van der Waals surface area contributed by atoms with Gasteiger partial charge in [-0.25, -0.2) is 0 Å². The van der Waals surface area contributed by atoms with Crippen LogP contribution >= 0.6 is 0 Å². The standard InChI is InChI=1S/C20H24N2O3/c1-3-15-7-9-16(10-8-15)13-22-19(23)12-17-5-4-6-18(11-17)25-14-20(24)21-2/h4-11H,3,12-14H2,1-2H3,(H,21,24)(H,22,23). The average molecular weight is 340 g/mol. The minimum atomic E-state index is -0.197. The lowest BCUT2D eigenvalue weighted by molar-refractivity contribution is -0.122. The molecule has 2 rings (SSSR count). The fraction of sp³-hybridized carbons (Fsp3) is 0.300. The zero-order valence-corrected chi connectivity index (χ0v) is 14.7. The Kier molecular flexibility index (Phi) is 7.01. The van der Waals surface area contributed by atoms with E-state index in [2.05, 4.69) is 29.7 Å². The third-order valence-electron chi connectivity index (χ3n) is 3.83. The van der Waals surface area contributed by atoms with E-state index in [4.69, 9.17) is 4.74 Å². The lowest BCUT2D eigenvalue weighted by Gasteiger charge is -2.09. The maximum absolute atomic E-state index is 12.1. The average Bonchev–Trinajstić information content (AvgIpc) is 2.65. The number of aryl methyl sites for hydroxylation is 1. The Morgan fingerprint density at radius 2 is 1.68 bits per heavy atom. The van der Waals surface area contributed by atoms with Crippen molar-refractivity contribution in [2.45, 2.75) is 26.3 Å². The van der Waals surface area contributed by atoms with Gasteiger partial charge in [-0.05, 0) is 35.2 Å². The molecule has 2 aromatic rings. The fourth-order valence-electron chi connectivity index (χ4n) is 2.31. The van der Waals surface area contributed by atoms with Gasteiger partial charge >= 0.3 is 0 Å². The summed E-state index contributed by atoms with van der Waals surface area (Å²) >= 11 is 0. The van der Waals surface area contributed by atoms with Crippen molar-refractivity contribution in [3.05, 3.63) is 65.2 Å². The van der Waals surface area contributed by atoms with Crippen LogP contribution in [0.5, 0.6) is 5.75 Å². The van der Waals surface area contributed by atoms with Crippen LogP contribution in [0, 0.1) is 0 Å². The molecule has 0 spiro atoms. The summed E-state index contributed by atoms with van der Waals surface area (Å²) in [5.74, 6) is 0.323. The summed E-state index contributed by atoms with van der Waals surface area (Å²) < 4.78 is 5.39. The summed E-state index contributed by atoms with van der Waals surface area (Å²) in [6.45, 7) is 2.58. The van der Waals surface area contributed by atoms with E-state index in [1.165, 1.54) is 5.56 Å². The quantitative estimate of drug-likeness (QED) is 0.774. The van der Waals surface area contributed by atoms with E-state index in [-0.39, 0.29) is 24.8 Å². The Labute approximate surface area is 148 Å². The van der Waals surface area contributed by atoms with Crippen molar-refractivity contribution in [2.24, 2.45) is 0 Å². The van der Waals surface area contributed by atoms with Gasteiger partial charge in [-0.1, -0.05) is 43.3 Å². The lowest BCUT2D eigenvalue weighted by Crippen LogP contribution is -2.25. The number of benzene rings is 2. The van der Waals surface area contributed by atoms with E-state index >= 15 is 0 Å². The number of carbonyl (C=O) groups is 2. The molecular formula is C20H24N2O3. The maximum atomic E-state index is 12.1. The summed E-state index contributed by atoms with van der Waals surface area (Å²) in [6.07, 6.45) is 1.27. The zero-order valence-electron chi connectivity index (χ0n) is 14.7. The van der Waals surface area contributed by atoms with Crippen LogP contribution in [-0.2, 0) is 29.0 Å². The maximum Gasteiger partial charge on any atom is 0.257 e. The molecule has 0 heterocycles. The number of likely N-dealkylation sites (N-methyl/N-ethyl adjacent to an activating group) is 1. The molecule has 0 saturated carbocycles. The van der Waals surface area contributed by atoms with Crippen molar-refractivity contribution in [3.63, 3.8) is 0 Å². The lowest BCUT2D eigenvalue weighted by atomic mass is 10.1. The van der Waals surface area contributed by atoms with Gasteiger partial charge in [0.15, 0.2) is 6.61 Å². The van der Waals surface area contributed by atoms with Crippen LogP contribution in [0.25, 0.3) is 0 Å². The molecule has 132 valence electrons. The molecular weight excluding hydrogens is 316 g/mol. The third-order valence-corrected chi connectivity index (χ3v) is 3.83. The largest absolute Gasteiger partial charge is 0.484 e. The van der Waals surface area contributed by atoms with Crippen molar-refractivity contribution in [2.75, 3.05) is 13.7 Å². The summed E-state index contributed by atoms with van der Waals surface area (Å²) in [6, 6.07) is 15.4. The van der Waals surface area contributed by atoms with Gasteiger partial charge in [0.05, 0.1) is 6.42 Å². The zero-order chi connectivity index (χ0) is 18.1. The van der Waals surface area contributed by atoms with Gasteiger partial charge < -0.3 is 15.4 Å². The highest BCUT2D eigenvalue weighted by molar-refractivity contribution is 5.79. The SMILES string of the molecule is CCc1ccc(CNC(=O)Cc2cccc(OCC(=O)NC)c2)cc1. The second-order valence-corrected chi connectivity index (χ2v) is 5.73. The molecule has 2 N–H and O–H groups in total. The number of hydrogen-bond acceptors (Lipinski definition) is 3. The second kappa shape index (κ2) is 9.47. The second-order valence-electron chi connectivity index (χ2n) is 5.73. The van der Waals surface area contributed by atoms with Crippen molar-refractivity contribution in [1.29, 1.82) is 0 Å². The van der Waals surface area contributed by atoms with Crippen molar-refractivity contribution in [3.8, 4) is 5.75 Å². The van der Waals surface area contributed by atoms with E-state index in [0.717, 1.165) is 17.5 Å². The Morgan fingerprint density at radius 3 is 2.36 bits per heavy atom. The smallest absolute Gasteiger partial charge is 0.257 e. The Balaban J connectivity index is 1.84. The first-order chi connectivity index (χ1) is 12.1. The minimum Gasteiger partial charge on any atom is -0.484 e. The molecule has 0 fully saturated rings. The van der Waals surface area contributed by atoms with Gasteiger partial charge in [0, 0.05) is 13.6 Å². The number of hydrogen-bond donors (Lipinski definition) is 2. The van der Waals surface area contributed by atoms with Gasteiger partial charge in [-0.15, -0.1) is 0 Å². The van der Waals surface area contributed by atoms with Gasteiger partial charge in [0.1, 0.15) is 5.75 Å². The third kappa shape index (κ3) is 6.30. The molecule has 0 saturated heterocycles. The number of nitrogens with one attached hydrogen (secondary N) is 2. The highest BCUT2D eigenvalue weighted by Gasteiger charge is 2.06. The highest BCUT2D eigenvalue weighted by atomic mass is 16.5. The first-order valence-electron chi connectivity index (χ1n) is 8.37. The van der Waals surface area contributed by atoms with E-state index in [1.54, 1.807) is 19.2 Å². The van der Waals surface area contributed by atoms with Crippen molar-refractivity contribution < 1.29 is 14.3 Å². The molecule has 2 aromatic carbocycles. The topological polar surface area (TPSA) is 67.4 Å². The normalized spacial score (nSPS) is 10.2. The molecule has 5 nitrogen and oxygen atoms in total. The summed E-state index contributed by atoms with van der Waals surface area (Å²) in [5, 5.41) is 5.41. The van der Waals surface area contributed by atoms with E-state index in [0.29, 0.717) is 12.3 Å². The van der Waals surface area contributed by atoms with Gasteiger partial charge in [-0.3, -0.25) is 9.59 Å². The Hall–Kier alpha value is -2.82. The molecule has 0 unspecified atom stereocenters. The van der Waals surface area contributed by atoms with Crippen LogP contribution in [0.1, 0.15) is 23.6 Å². The van der Waals surface area contributed by atoms with Crippen molar-refractivity contribution in [1.82, 2.24) is 10.6 Å². The monoisotopic (exact) mass is 340 g/mol. The van der Waals surface area contributed by atoms with Crippen LogP contribution in [0.15, 0.2) is 48.5 Å². The van der Waals surface area contributed by atoms with E-state index in [9.17, 15) is 9.59 Å². The summed E-state index contributed by atoms with van der Waals surface area (Å²) in [7, 11) is 1.56. The Bertz CT molecular complexity index is 711. The van der Waals surface area contributed by atoms with Gasteiger partial charge in [0.25, 0.3) is 5.91 Å². The predicted octanol–water partition coefficient (Wildman–Crippen LogP) is 2.23. The van der Waals surface area contributed by atoms with Crippen LogP contribution in [0.3, 0.4) is 0 Å². The molecule has 0 atom stereocenters. The minimum absolute atomic E-state index is 0.0418. The van der Waals surface area contributed by atoms with Crippen molar-refractivity contribution >= 4 is 11.8 Å². The van der Waals surface area contributed by atoms with Crippen LogP contribution in [0.2, 0.25) is 0 Å². The number of rotatable bonds is 8. The molecule has 5 heteroatoms. The molecule has 2 amide bonds. The van der Waals surface area contributed by atoms with E-state index < -0.39 is 0 Å². The molecule has 0 aliphatic rings. The molecule has 0 bridgehead atoms. The fourth-order valence-corrected chi connectivity index (χ4v) is 2.31. The Morgan fingerprint density at radius 1 is 0.960 bits per heavy atom. The predicted molar refractivity (Wildman–Crippen MR) is 97.4 cm³/mol. The number of ether oxygens (including phenoxy) is 1. The first kappa shape index (κ1) is 18.5. The number of amides is 2. The van der Waals surface area contributed by atoms with Crippen LogP contribution < -0.4 is 15.4 Å². The van der Waals surface area contributed by atoms with Gasteiger partial charge in [-0.2, -0.15) is 0 Å². The van der Waals surface area contributed by atoms with Crippen LogP contribution in [0.4, 0.5) is 0 Å². The first-order valence-corrected chi connectivity index (χ1v) is 8.37. The molecule has 0 aliphatic heterocycles.